The van der Waals surface area contributed by atoms with Gasteiger partial charge in [0.25, 0.3) is 0 Å². The second-order valence-corrected chi connectivity index (χ2v) is 4.57. The van der Waals surface area contributed by atoms with E-state index < -0.39 is 0 Å². The molecule has 100 valence electrons. The first kappa shape index (κ1) is 13.8. The van der Waals surface area contributed by atoms with Gasteiger partial charge in [0.1, 0.15) is 5.82 Å². The molecular formula is C15H17ClN2O. The minimum Gasteiger partial charge on any atom is -0.372 e. The van der Waals surface area contributed by atoms with Crippen molar-refractivity contribution >= 4 is 17.4 Å². The van der Waals surface area contributed by atoms with Crippen molar-refractivity contribution in [3.8, 4) is 0 Å². The van der Waals surface area contributed by atoms with Crippen molar-refractivity contribution in [1.29, 1.82) is 0 Å². The zero-order valence-corrected chi connectivity index (χ0v) is 11.7. The Morgan fingerprint density at radius 2 is 2.00 bits per heavy atom. The van der Waals surface area contributed by atoms with Gasteiger partial charge >= 0.3 is 0 Å². The molecule has 1 aromatic carbocycles. The van der Waals surface area contributed by atoms with E-state index in [0.29, 0.717) is 13.2 Å². The van der Waals surface area contributed by atoms with Gasteiger partial charge in [-0.2, -0.15) is 0 Å². The average molecular weight is 277 g/mol. The summed E-state index contributed by atoms with van der Waals surface area (Å²) in [5, 5.41) is 3.89. The fourth-order valence-electron chi connectivity index (χ4n) is 1.69. The highest BCUT2D eigenvalue weighted by molar-refractivity contribution is 6.31. The lowest BCUT2D eigenvalue weighted by molar-refractivity contribution is 0.107. The molecular weight excluding hydrogens is 260 g/mol. The zero-order valence-electron chi connectivity index (χ0n) is 10.9. The van der Waals surface area contributed by atoms with Gasteiger partial charge < -0.3 is 10.1 Å². The van der Waals surface area contributed by atoms with E-state index in [1.54, 1.807) is 0 Å². The van der Waals surface area contributed by atoms with Crippen LogP contribution in [-0.4, -0.2) is 11.5 Å². The van der Waals surface area contributed by atoms with Crippen LogP contribution in [0.15, 0.2) is 42.6 Å². The summed E-state index contributed by atoms with van der Waals surface area (Å²) in [5.74, 6) is 0.886. The number of halogens is 1. The number of hydrogen-bond acceptors (Lipinski definition) is 3. The summed E-state index contributed by atoms with van der Waals surface area (Å²) >= 11 is 6.06. The zero-order chi connectivity index (χ0) is 13.5. The minimum atomic E-state index is 0.509. The maximum absolute atomic E-state index is 6.06. The lowest BCUT2D eigenvalue weighted by atomic mass is 10.2. The van der Waals surface area contributed by atoms with Crippen molar-refractivity contribution in [3.63, 3.8) is 0 Å². The summed E-state index contributed by atoms with van der Waals surface area (Å²) in [4.78, 5) is 4.29. The van der Waals surface area contributed by atoms with Crippen LogP contribution in [0.25, 0.3) is 0 Å². The van der Waals surface area contributed by atoms with Gasteiger partial charge in [0, 0.05) is 17.8 Å². The lowest BCUT2D eigenvalue weighted by Crippen LogP contribution is -2.00. The monoisotopic (exact) mass is 276 g/mol. The highest BCUT2D eigenvalue weighted by Crippen LogP contribution is 2.16. The molecule has 0 aliphatic heterocycles. The van der Waals surface area contributed by atoms with Crippen molar-refractivity contribution in [1.82, 2.24) is 4.98 Å². The largest absolute Gasteiger partial charge is 0.372 e. The van der Waals surface area contributed by atoms with Gasteiger partial charge in [0.2, 0.25) is 0 Å². The molecule has 4 heteroatoms. The molecule has 19 heavy (non-hydrogen) atoms. The number of nitrogens with one attached hydrogen (secondary N) is 1. The molecule has 0 fully saturated rings. The summed E-state index contributed by atoms with van der Waals surface area (Å²) in [7, 11) is 0. The Morgan fingerprint density at radius 3 is 2.68 bits per heavy atom. The van der Waals surface area contributed by atoms with Gasteiger partial charge in [-0.25, -0.2) is 4.98 Å². The molecule has 1 N–H and O–H groups in total. The molecule has 0 saturated heterocycles. The van der Waals surface area contributed by atoms with E-state index in [4.69, 9.17) is 16.3 Å². The maximum Gasteiger partial charge on any atom is 0.125 e. The molecule has 2 aromatic rings. The van der Waals surface area contributed by atoms with Crippen LogP contribution in [0.1, 0.15) is 18.1 Å². The van der Waals surface area contributed by atoms with Crippen molar-refractivity contribution in [2.45, 2.75) is 20.1 Å². The normalized spacial score (nSPS) is 10.4. The van der Waals surface area contributed by atoms with Crippen LogP contribution < -0.4 is 5.32 Å². The topological polar surface area (TPSA) is 34.1 Å². The van der Waals surface area contributed by atoms with Crippen LogP contribution in [0.2, 0.25) is 5.02 Å². The van der Waals surface area contributed by atoms with E-state index in [9.17, 15) is 0 Å². The molecule has 0 aliphatic carbocycles. The van der Waals surface area contributed by atoms with Crippen LogP contribution in [0, 0.1) is 0 Å². The number of pyridine rings is 1. The summed E-state index contributed by atoms with van der Waals surface area (Å²) in [6, 6.07) is 11.7. The average Bonchev–Trinajstić information content (AvgIpc) is 2.43. The van der Waals surface area contributed by atoms with Gasteiger partial charge in [0.05, 0.1) is 13.2 Å². The molecule has 0 spiro atoms. The second-order valence-electron chi connectivity index (χ2n) is 4.17. The number of rotatable bonds is 6. The Hall–Kier alpha value is -1.58. The Kier molecular flexibility index (Phi) is 5.19. The minimum absolute atomic E-state index is 0.509. The first-order valence-corrected chi connectivity index (χ1v) is 6.67. The Morgan fingerprint density at radius 1 is 1.16 bits per heavy atom. The summed E-state index contributed by atoms with van der Waals surface area (Å²) in [6.07, 6.45) is 1.82. The van der Waals surface area contributed by atoms with Crippen LogP contribution >= 0.6 is 11.6 Å². The first-order valence-electron chi connectivity index (χ1n) is 6.29. The van der Waals surface area contributed by atoms with Crippen LogP contribution in [0.5, 0.6) is 0 Å². The molecule has 0 unspecified atom stereocenters. The van der Waals surface area contributed by atoms with Crippen molar-refractivity contribution in [2.24, 2.45) is 0 Å². The van der Waals surface area contributed by atoms with Gasteiger partial charge in [0.15, 0.2) is 0 Å². The quantitative estimate of drug-likeness (QED) is 0.869. The van der Waals surface area contributed by atoms with E-state index in [1.807, 2.05) is 49.5 Å². The van der Waals surface area contributed by atoms with E-state index in [0.717, 1.165) is 28.5 Å². The lowest BCUT2D eigenvalue weighted by Gasteiger charge is -2.07. The van der Waals surface area contributed by atoms with Crippen LogP contribution in [0.4, 0.5) is 5.82 Å². The predicted molar refractivity (Wildman–Crippen MR) is 78.3 cm³/mol. The smallest absolute Gasteiger partial charge is 0.125 e. The van der Waals surface area contributed by atoms with Gasteiger partial charge in [-0.3, -0.25) is 0 Å². The molecule has 1 aromatic heterocycles. The van der Waals surface area contributed by atoms with E-state index in [-0.39, 0.29) is 0 Å². The Bertz CT molecular complexity index is 514. The van der Waals surface area contributed by atoms with Gasteiger partial charge in [-0.05, 0) is 30.2 Å². The van der Waals surface area contributed by atoms with Crippen molar-refractivity contribution < 1.29 is 4.74 Å². The number of aromatic nitrogens is 1. The molecule has 0 atom stereocenters. The number of ether oxygens (including phenoxy) is 1. The molecule has 0 aliphatic rings. The fourth-order valence-corrected chi connectivity index (χ4v) is 1.88. The summed E-state index contributed by atoms with van der Waals surface area (Å²) < 4.78 is 5.64. The first-order chi connectivity index (χ1) is 9.29. The van der Waals surface area contributed by atoms with Gasteiger partial charge in [-0.15, -0.1) is 0 Å². The highest BCUT2D eigenvalue weighted by atomic mass is 35.5. The third-order valence-electron chi connectivity index (χ3n) is 2.67. The van der Waals surface area contributed by atoms with Crippen LogP contribution in [-0.2, 0) is 18.0 Å². The summed E-state index contributed by atoms with van der Waals surface area (Å²) in [5.41, 5.74) is 2.05. The molecule has 3 nitrogen and oxygen atoms in total. The van der Waals surface area contributed by atoms with Crippen molar-refractivity contribution in [2.75, 3.05) is 11.9 Å². The summed E-state index contributed by atoms with van der Waals surface area (Å²) in [6.45, 7) is 3.96. The molecule has 0 saturated carbocycles. The van der Waals surface area contributed by atoms with Crippen LogP contribution in [0.3, 0.4) is 0 Å². The van der Waals surface area contributed by atoms with Gasteiger partial charge in [-0.1, -0.05) is 35.9 Å². The molecule has 0 radical (unpaired) electrons. The fraction of sp³-hybridized carbons (Fsp3) is 0.267. The van der Waals surface area contributed by atoms with E-state index in [1.165, 1.54) is 0 Å². The Labute approximate surface area is 118 Å². The van der Waals surface area contributed by atoms with E-state index in [2.05, 4.69) is 10.3 Å². The number of nitrogens with zero attached hydrogens (tertiary/aromatic N) is 1. The highest BCUT2D eigenvalue weighted by Gasteiger charge is 2.00. The molecule has 0 bridgehead atoms. The Balaban J connectivity index is 1.84. The number of benzene rings is 1. The standard InChI is InChI=1S/C15H17ClN2O/c1-2-17-15-8-7-12(9-18-15)10-19-11-13-5-3-4-6-14(13)16/h3-9H,2,10-11H2,1H3,(H,17,18). The SMILES string of the molecule is CCNc1ccc(COCc2ccccc2Cl)cn1. The third kappa shape index (κ3) is 4.23. The maximum atomic E-state index is 6.06. The number of anilines is 1. The third-order valence-corrected chi connectivity index (χ3v) is 3.04. The van der Waals surface area contributed by atoms with E-state index >= 15 is 0 Å². The van der Waals surface area contributed by atoms with Crippen molar-refractivity contribution in [3.05, 3.63) is 58.7 Å². The number of hydrogen-bond donors (Lipinski definition) is 1. The predicted octanol–water partition coefficient (Wildman–Crippen LogP) is 3.88. The molecule has 0 amide bonds. The molecule has 1 heterocycles. The molecule has 2 rings (SSSR count). The second kappa shape index (κ2) is 7.12.